The minimum absolute atomic E-state index is 0.0267. The second-order valence-electron chi connectivity index (χ2n) is 5.98. The van der Waals surface area contributed by atoms with Crippen molar-refractivity contribution in [2.45, 2.75) is 23.8 Å². The summed E-state index contributed by atoms with van der Waals surface area (Å²) in [5.74, 6) is 0.740. The molecule has 0 N–H and O–H groups in total. The lowest BCUT2D eigenvalue weighted by atomic mass is 10.0. The van der Waals surface area contributed by atoms with Crippen LogP contribution >= 0.6 is 11.8 Å². The average molecular weight is 339 g/mol. The van der Waals surface area contributed by atoms with Crippen LogP contribution in [0.2, 0.25) is 0 Å². The molecule has 0 unspecified atom stereocenters. The maximum absolute atomic E-state index is 12.6. The molecule has 1 amide bonds. The second kappa shape index (κ2) is 5.98. The van der Waals surface area contributed by atoms with Gasteiger partial charge in [-0.25, -0.2) is 4.79 Å². The number of benzene rings is 2. The summed E-state index contributed by atoms with van der Waals surface area (Å²) >= 11 is 1.67. The largest absolute Gasteiger partial charge is 0.425 e. The molecule has 0 spiro atoms. The number of esters is 1. The first-order valence-corrected chi connectivity index (χ1v) is 8.98. The summed E-state index contributed by atoms with van der Waals surface area (Å²) in [6, 6.07) is 18.4. The van der Waals surface area contributed by atoms with Crippen LogP contribution in [0.1, 0.15) is 18.4 Å². The maximum Gasteiger partial charge on any atom is 0.335 e. The third kappa shape index (κ3) is 2.40. The SMILES string of the molecule is O=C(Oc1ccccc1)[C@H]1CS[C@]2(c3ccccc3)CCC(=O)N12. The Labute approximate surface area is 144 Å². The third-order valence-corrected chi connectivity index (χ3v) is 6.18. The standard InChI is InChI=1S/C19H17NO3S/c21-17-11-12-19(14-7-3-1-4-8-14)20(17)16(13-24-19)18(22)23-15-9-5-2-6-10-15/h1-10,16H,11-13H2/t16-,19+/m1/s1. The van der Waals surface area contributed by atoms with E-state index in [1.165, 1.54) is 0 Å². The van der Waals surface area contributed by atoms with E-state index >= 15 is 0 Å². The minimum Gasteiger partial charge on any atom is -0.425 e. The number of hydrogen-bond acceptors (Lipinski definition) is 4. The Bertz CT molecular complexity index is 765. The predicted molar refractivity (Wildman–Crippen MR) is 92.5 cm³/mol. The quantitative estimate of drug-likeness (QED) is 0.636. The molecule has 2 aliphatic heterocycles. The Balaban J connectivity index is 1.62. The van der Waals surface area contributed by atoms with Gasteiger partial charge < -0.3 is 9.64 Å². The first-order chi connectivity index (χ1) is 11.7. The molecule has 4 nitrogen and oxygen atoms in total. The molecule has 0 bridgehead atoms. The molecule has 122 valence electrons. The number of thioether (sulfide) groups is 1. The van der Waals surface area contributed by atoms with Gasteiger partial charge in [-0.3, -0.25) is 4.79 Å². The molecule has 2 atom stereocenters. The number of carbonyl (C=O) groups is 2. The van der Waals surface area contributed by atoms with Gasteiger partial charge in [-0.15, -0.1) is 11.8 Å². The summed E-state index contributed by atoms with van der Waals surface area (Å²) < 4.78 is 5.49. The number of nitrogens with zero attached hydrogens (tertiary/aromatic N) is 1. The second-order valence-corrected chi connectivity index (χ2v) is 7.27. The summed E-state index contributed by atoms with van der Waals surface area (Å²) in [6.07, 6.45) is 1.20. The zero-order valence-electron chi connectivity index (χ0n) is 13.1. The summed E-state index contributed by atoms with van der Waals surface area (Å²) in [5.41, 5.74) is 1.08. The molecule has 0 aromatic heterocycles. The first-order valence-electron chi connectivity index (χ1n) is 7.99. The van der Waals surface area contributed by atoms with Crippen molar-refractivity contribution >= 4 is 23.6 Å². The molecule has 2 heterocycles. The number of carbonyl (C=O) groups excluding carboxylic acids is 2. The molecule has 2 saturated heterocycles. The summed E-state index contributed by atoms with van der Waals surface area (Å²) in [5, 5.41) is 0. The van der Waals surface area contributed by atoms with Crippen molar-refractivity contribution in [3.05, 3.63) is 66.2 Å². The summed E-state index contributed by atoms with van der Waals surface area (Å²) in [4.78, 5) is 26.5. The Morgan fingerprint density at radius 1 is 1.08 bits per heavy atom. The Morgan fingerprint density at radius 3 is 2.46 bits per heavy atom. The third-order valence-electron chi connectivity index (χ3n) is 4.59. The molecule has 2 fully saturated rings. The zero-order valence-corrected chi connectivity index (χ0v) is 13.9. The molecule has 2 aliphatic rings. The molecule has 24 heavy (non-hydrogen) atoms. The fraction of sp³-hybridized carbons (Fsp3) is 0.263. The fourth-order valence-electron chi connectivity index (χ4n) is 3.49. The molecule has 5 heteroatoms. The van der Waals surface area contributed by atoms with Crippen LogP contribution in [0.4, 0.5) is 0 Å². The molecular formula is C19H17NO3S. The van der Waals surface area contributed by atoms with Gasteiger partial charge in [0.1, 0.15) is 16.7 Å². The van der Waals surface area contributed by atoms with Crippen molar-refractivity contribution in [3.8, 4) is 5.75 Å². The monoisotopic (exact) mass is 339 g/mol. The van der Waals surface area contributed by atoms with Gasteiger partial charge in [-0.2, -0.15) is 0 Å². The highest BCUT2D eigenvalue weighted by Gasteiger charge is 2.57. The normalized spacial score (nSPS) is 25.6. The van der Waals surface area contributed by atoms with Crippen molar-refractivity contribution < 1.29 is 14.3 Å². The van der Waals surface area contributed by atoms with Gasteiger partial charge in [-0.1, -0.05) is 48.5 Å². The van der Waals surface area contributed by atoms with E-state index in [2.05, 4.69) is 0 Å². The molecular weight excluding hydrogens is 322 g/mol. The Morgan fingerprint density at radius 2 is 1.75 bits per heavy atom. The molecule has 2 aromatic rings. The number of ether oxygens (including phenoxy) is 1. The van der Waals surface area contributed by atoms with Gasteiger partial charge in [0.2, 0.25) is 5.91 Å². The first kappa shape index (κ1) is 15.3. The molecule has 0 radical (unpaired) electrons. The van der Waals surface area contributed by atoms with Crippen LogP contribution in [-0.4, -0.2) is 28.6 Å². The van der Waals surface area contributed by atoms with Crippen LogP contribution in [0.15, 0.2) is 60.7 Å². The van der Waals surface area contributed by atoms with Crippen LogP contribution in [0.25, 0.3) is 0 Å². The van der Waals surface area contributed by atoms with E-state index < -0.39 is 10.9 Å². The molecule has 0 saturated carbocycles. The zero-order chi connectivity index (χ0) is 16.6. The van der Waals surface area contributed by atoms with Gasteiger partial charge in [-0.05, 0) is 24.1 Å². The lowest BCUT2D eigenvalue weighted by Crippen LogP contribution is -2.47. The lowest BCUT2D eigenvalue weighted by Gasteiger charge is -2.33. The predicted octanol–water partition coefficient (Wildman–Crippen LogP) is 3.18. The van der Waals surface area contributed by atoms with E-state index in [1.54, 1.807) is 28.8 Å². The summed E-state index contributed by atoms with van der Waals surface area (Å²) in [7, 11) is 0. The van der Waals surface area contributed by atoms with Crippen LogP contribution in [0.5, 0.6) is 5.75 Å². The highest BCUT2D eigenvalue weighted by atomic mass is 32.2. The van der Waals surface area contributed by atoms with Gasteiger partial charge >= 0.3 is 5.97 Å². The minimum atomic E-state index is -0.537. The molecule has 4 rings (SSSR count). The smallest absolute Gasteiger partial charge is 0.335 e. The van der Waals surface area contributed by atoms with Gasteiger partial charge in [0.15, 0.2) is 0 Å². The number of fused-ring (bicyclic) bond motifs is 1. The van der Waals surface area contributed by atoms with Gasteiger partial charge in [0.25, 0.3) is 0 Å². The van der Waals surface area contributed by atoms with E-state index in [-0.39, 0.29) is 11.9 Å². The molecule has 2 aromatic carbocycles. The van der Waals surface area contributed by atoms with Gasteiger partial charge in [0.05, 0.1) is 0 Å². The van der Waals surface area contributed by atoms with Crippen LogP contribution in [0.3, 0.4) is 0 Å². The average Bonchev–Trinajstić information content (AvgIpc) is 3.16. The van der Waals surface area contributed by atoms with E-state index in [0.717, 1.165) is 12.0 Å². The van der Waals surface area contributed by atoms with Crippen LogP contribution in [0, 0.1) is 0 Å². The molecule has 0 aliphatic carbocycles. The van der Waals surface area contributed by atoms with Crippen molar-refractivity contribution in [3.63, 3.8) is 0 Å². The number of hydrogen-bond donors (Lipinski definition) is 0. The number of amides is 1. The van der Waals surface area contributed by atoms with Gasteiger partial charge in [0, 0.05) is 12.2 Å². The summed E-state index contributed by atoms with van der Waals surface area (Å²) in [6.45, 7) is 0. The fourth-order valence-corrected chi connectivity index (χ4v) is 5.12. The Kier molecular flexibility index (Phi) is 3.81. The lowest BCUT2D eigenvalue weighted by molar-refractivity contribution is -0.146. The van der Waals surface area contributed by atoms with E-state index in [0.29, 0.717) is 17.9 Å². The van der Waals surface area contributed by atoms with E-state index in [9.17, 15) is 9.59 Å². The van der Waals surface area contributed by atoms with E-state index in [4.69, 9.17) is 4.74 Å². The van der Waals surface area contributed by atoms with E-state index in [1.807, 2.05) is 48.5 Å². The maximum atomic E-state index is 12.6. The highest BCUT2D eigenvalue weighted by Crippen LogP contribution is 2.54. The Hall–Kier alpha value is -2.27. The van der Waals surface area contributed by atoms with Crippen molar-refractivity contribution in [2.24, 2.45) is 0 Å². The van der Waals surface area contributed by atoms with Crippen molar-refractivity contribution in [1.82, 2.24) is 4.90 Å². The topological polar surface area (TPSA) is 46.6 Å². The van der Waals surface area contributed by atoms with Crippen molar-refractivity contribution in [1.29, 1.82) is 0 Å². The van der Waals surface area contributed by atoms with Crippen LogP contribution in [-0.2, 0) is 14.5 Å². The number of rotatable bonds is 3. The van der Waals surface area contributed by atoms with Crippen molar-refractivity contribution in [2.75, 3.05) is 5.75 Å². The highest BCUT2D eigenvalue weighted by molar-refractivity contribution is 8.00. The van der Waals surface area contributed by atoms with Crippen LogP contribution < -0.4 is 4.74 Å². The number of para-hydroxylation sites is 1.